The molecule has 2 aromatic heterocycles. The highest BCUT2D eigenvalue weighted by atomic mass is 15.0. The Morgan fingerprint density at radius 1 is 1.24 bits per heavy atom. The largest absolute Gasteiger partial charge is 0.368 e. The van der Waals surface area contributed by atoms with Gasteiger partial charge in [0.2, 0.25) is 0 Å². The number of hydrogen-bond donors (Lipinski definition) is 2. The van der Waals surface area contributed by atoms with Crippen molar-refractivity contribution in [3.05, 3.63) is 24.0 Å². The molecule has 5 heteroatoms. The SMILES string of the molecule is CC(C)c1ccc2ncc(NCC3CCNCC3)nc2n1. The quantitative estimate of drug-likeness (QED) is 0.904. The van der Waals surface area contributed by atoms with E-state index in [1.807, 2.05) is 12.1 Å². The van der Waals surface area contributed by atoms with Crippen molar-refractivity contribution in [3.8, 4) is 0 Å². The molecule has 1 saturated heterocycles. The van der Waals surface area contributed by atoms with E-state index in [9.17, 15) is 0 Å². The predicted molar refractivity (Wildman–Crippen MR) is 85.5 cm³/mol. The fourth-order valence-electron chi connectivity index (χ4n) is 2.65. The molecule has 3 heterocycles. The lowest BCUT2D eigenvalue weighted by atomic mass is 9.98. The maximum atomic E-state index is 4.61. The summed E-state index contributed by atoms with van der Waals surface area (Å²) in [5, 5.41) is 6.80. The van der Waals surface area contributed by atoms with Crippen molar-refractivity contribution in [2.24, 2.45) is 5.92 Å². The molecule has 21 heavy (non-hydrogen) atoms. The van der Waals surface area contributed by atoms with Crippen molar-refractivity contribution in [1.29, 1.82) is 0 Å². The molecule has 0 amide bonds. The van der Waals surface area contributed by atoms with E-state index < -0.39 is 0 Å². The van der Waals surface area contributed by atoms with Crippen LogP contribution in [0.5, 0.6) is 0 Å². The Balaban J connectivity index is 1.73. The van der Waals surface area contributed by atoms with Crippen LogP contribution >= 0.6 is 0 Å². The maximum Gasteiger partial charge on any atom is 0.180 e. The Bertz CT molecular complexity index is 605. The van der Waals surface area contributed by atoms with E-state index in [2.05, 4.69) is 39.4 Å². The van der Waals surface area contributed by atoms with Gasteiger partial charge >= 0.3 is 0 Å². The van der Waals surface area contributed by atoms with Gasteiger partial charge in [-0.25, -0.2) is 15.0 Å². The second-order valence-corrected chi connectivity index (χ2v) is 6.06. The molecule has 3 rings (SSSR count). The molecular formula is C16H23N5. The Morgan fingerprint density at radius 3 is 2.81 bits per heavy atom. The standard InChI is InChI=1S/C16H23N5/c1-11(2)13-3-4-14-16(20-13)21-15(10-18-14)19-9-12-5-7-17-8-6-12/h3-4,10-12,17H,5-9H2,1-2H3,(H,19,20,21). The molecule has 0 aromatic carbocycles. The van der Waals surface area contributed by atoms with Gasteiger partial charge in [0.15, 0.2) is 5.65 Å². The van der Waals surface area contributed by atoms with Gasteiger partial charge in [0.25, 0.3) is 0 Å². The molecule has 0 bridgehead atoms. The van der Waals surface area contributed by atoms with Crippen LogP contribution in [-0.4, -0.2) is 34.6 Å². The van der Waals surface area contributed by atoms with Gasteiger partial charge in [0.1, 0.15) is 11.3 Å². The number of aromatic nitrogens is 3. The summed E-state index contributed by atoms with van der Waals surface area (Å²) >= 11 is 0. The Kier molecular flexibility index (Phi) is 4.29. The normalized spacial score (nSPS) is 16.5. The Hall–Kier alpha value is -1.75. The maximum absolute atomic E-state index is 4.61. The van der Waals surface area contributed by atoms with Gasteiger partial charge < -0.3 is 10.6 Å². The summed E-state index contributed by atoms with van der Waals surface area (Å²) in [7, 11) is 0. The third kappa shape index (κ3) is 3.47. The van der Waals surface area contributed by atoms with Crippen LogP contribution in [0, 0.1) is 5.92 Å². The average Bonchev–Trinajstić information content (AvgIpc) is 2.53. The molecule has 0 unspecified atom stereocenters. The third-order valence-electron chi connectivity index (χ3n) is 4.05. The monoisotopic (exact) mass is 285 g/mol. The van der Waals surface area contributed by atoms with E-state index in [4.69, 9.17) is 0 Å². The van der Waals surface area contributed by atoms with Crippen molar-refractivity contribution in [2.45, 2.75) is 32.6 Å². The highest BCUT2D eigenvalue weighted by Crippen LogP contribution is 2.17. The summed E-state index contributed by atoms with van der Waals surface area (Å²) in [4.78, 5) is 13.7. The number of anilines is 1. The second-order valence-electron chi connectivity index (χ2n) is 6.06. The lowest BCUT2D eigenvalue weighted by Crippen LogP contribution is -2.31. The number of hydrogen-bond acceptors (Lipinski definition) is 5. The van der Waals surface area contributed by atoms with Crippen LogP contribution in [0.15, 0.2) is 18.3 Å². The second kappa shape index (κ2) is 6.35. The van der Waals surface area contributed by atoms with Gasteiger partial charge in [-0.2, -0.15) is 0 Å². The summed E-state index contributed by atoms with van der Waals surface area (Å²) in [6, 6.07) is 4.03. The van der Waals surface area contributed by atoms with Crippen LogP contribution in [-0.2, 0) is 0 Å². The summed E-state index contributed by atoms with van der Waals surface area (Å²) < 4.78 is 0. The van der Waals surface area contributed by atoms with Crippen molar-refractivity contribution in [2.75, 3.05) is 25.0 Å². The van der Waals surface area contributed by atoms with Gasteiger partial charge in [0.05, 0.1) is 6.20 Å². The fraction of sp³-hybridized carbons (Fsp3) is 0.562. The molecule has 2 N–H and O–H groups in total. The van der Waals surface area contributed by atoms with E-state index in [-0.39, 0.29) is 0 Å². The first-order valence-corrected chi connectivity index (χ1v) is 7.80. The number of piperidine rings is 1. The molecule has 0 spiro atoms. The summed E-state index contributed by atoms with van der Waals surface area (Å²) in [5.41, 5.74) is 2.65. The first-order chi connectivity index (χ1) is 10.2. The molecule has 1 fully saturated rings. The minimum Gasteiger partial charge on any atom is -0.368 e. The van der Waals surface area contributed by atoms with Crippen LogP contribution in [0.4, 0.5) is 5.82 Å². The predicted octanol–water partition coefficient (Wildman–Crippen LogP) is 2.56. The van der Waals surface area contributed by atoms with Crippen molar-refractivity contribution in [3.63, 3.8) is 0 Å². The minimum atomic E-state index is 0.405. The molecule has 112 valence electrons. The topological polar surface area (TPSA) is 62.7 Å². The van der Waals surface area contributed by atoms with Gasteiger partial charge in [0, 0.05) is 12.2 Å². The number of rotatable bonds is 4. The summed E-state index contributed by atoms with van der Waals surface area (Å²) in [6.45, 7) is 7.48. The van der Waals surface area contributed by atoms with Crippen LogP contribution < -0.4 is 10.6 Å². The zero-order valence-electron chi connectivity index (χ0n) is 12.8. The summed E-state index contributed by atoms with van der Waals surface area (Å²) in [5.74, 6) is 1.95. The fourth-order valence-corrected chi connectivity index (χ4v) is 2.65. The molecule has 0 aliphatic carbocycles. The molecule has 5 nitrogen and oxygen atoms in total. The first kappa shape index (κ1) is 14.2. The molecule has 1 aliphatic rings. The van der Waals surface area contributed by atoms with Crippen LogP contribution in [0.1, 0.15) is 38.3 Å². The highest BCUT2D eigenvalue weighted by molar-refractivity contribution is 5.71. The lowest BCUT2D eigenvalue weighted by Gasteiger charge is -2.22. The van der Waals surface area contributed by atoms with E-state index in [1.54, 1.807) is 6.20 Å². The summed E-state index contributed by atoms with van der Waals surface area (Å²) in [6.07, 6.45) is 4.26. The minimum absolute atomic E-state index is 0.405. The van der Waals surface area contributed by atoms with Crippen molar-refractivity contribution >= 4 is 17.0 Å². The zero-order chi connectivity index (χ0) is 14.7. The van der Waals surface area contributed by atoms with E-state index in [0.717, 1.165) is 48.2 Å². The third-order valence-corrected chi connectivity index (χ3v) is 4.05. The van der Waals surface area contributed by atoms with Crippen molar-refractivity contribution in [1.82, 2.24) is 20.3 Å². The van der Waals surface area contributed by atoms with E-state index in [0.29, 0.717) is 5.92 Å². The number of nitrogens with one attached hydrogen (secondary N) is 2. The average molecular weight is 285 g/mol. The van der Waals surface area contributed by atoms with Gasteiger partial charge in [-0.1, -0.05) is 13.8 Å². The smallest absolute Gasteiger partial charge is 0.180 e. The molecule has 1 aliphatic heterocycles. The molecule has 0 radical (unpaired) electrons. The number of nitrogens with zero attached hydrogens (tertiary/aromatic N) is 3. The highest BCUT2D eigenvalue weighted by Gasteiger charge is 2.13. The first-order valence-electron chi connectivity index (χ1n) is 7.80. The van der Waals surface area contributed by atoms with Crippen LogP contribution in [0.25, 0.3) is 11.2 Å². The van der Waals surface area contributed by atoms with Gasteiger partial charge in [-0.3, -0.25) is 0 Å². The molecular weight excluding hydrogens is 262 g/mol. The lowest BCUT2D eigenvalue weighted by molar-refractivity contribution is 0.389. The van der Waals surface area contributed by atoms with E-state index in [1.165, 1.54) is 12.8 Å². The number of pyridine rings is 1. The zero-order valence-corrected chi connectivity index (χ0v) is 12.8. The Labute approximate surface area is 125 Å². The molecule has 0 saturated carbocycles. The Morgan fingerprint density at radius 2 is 2.05 bits per heavy atom. The van der Waals surface area contributed by atoms with Gasteiger partial charge in [-0.15, -0.1) is 0 Å². The molecule has 2 aromatic rings. The van der Waals surface area contributed by atoms with Gasteiger partial charge in [-0.05, 0) is 49.9 Å². The number of fused-ring (bicyclic) bond motifs is 1. The van der Waals surface area contributed by atoms with Crippen molar-refractivity contribution < 1.29 is 0 Å². The van der Waals surface area contributed by atoms with Crippen LogP contribution in [0.3, 0.4) is 0 Å². The van der Waals surface area contributed by atoms with Crippen LogP contribution in [0.2, 0.25) is 0 Å². The van der Waals surface area contributed by atoms with E-state index >= 15 is 0 Å². The molecule has 0 atom stereocenters.